The first-order chi connectivity index (χ1) is 16.5. The highest BCUT2D eigenvalue weighted by Gasteiger charge is 2.30. The van der Waals surface area contributed by atoms with Gasteiger partial charge in [0.2, 0.25) is 21.8 Å². The number of carbonyl (C=O) groups is 2. The van der Waals surface area contributed by atoms with Gasteiger partial charge >= 0.3 is 0 Å². The lowest BCUT2D eigenvalue weighted by Gasteiger charge is -2.32. The molecule has 0 fully saturated rings. The number of hydrogen-bond acceptors (Lipinski definition) is 5. The summed E-state index contributed by atoms with van der Waals surface area (Å²) in [6.45, 7) is 9.56. The summed E-state index contributed by atoms with van der Waals surface area (Å²) in [6.07, 6.45) is 1.81. The second-order valence-corrected chi connectivity index (χ2v) is 10.6. The molecule has 0 spiro atoms. The van der Waals surface area contributed by atoms with Gasteiger partial charge in [0.1, 0.15) is 18.3 Å². The quantitative estimate of drug-likeness (QED) is 0.478. The van der Waals surface area contributed by atoms with Crippen LogP contribution in [-0.2, 0) is 26.2 Å². The van der Waals surface area contributed by atoms with E-state index in [1.807, 2.05) is 52.0 Å². The lowest BCUT2D eigenvalue weighted by molar-refractivity contribution is -0.139. The van der Waals surface area contributed by atoms with Crippen LogP contribution in [0.1, 0.15) is 45.2 Å². The lowest BCUT2D eigenvalue weighted by atomic mass is 10.1. The van der Waals surface area contributed by atoms with Gasteiger partial charge in [0.25, 0.3) is 0 Å². The molecule has 0 aromatic heterocycles. The van der Waals surface area contributed by atoms with Crippen molar-refractivity contribution in [1.82, 2.24) is 10.2 Å². The molecular weight excluding hydrogens is 466 g/mol. The predicted molar refractivity (Wildman–Crippen MR) is 139 cm³/mol. The number of carbonyl (C=O) groups excluding carboxylic acids is 2. The van der Waals surface area contributed by atoms with Crippen LogP contribution < -0.4 is 14.4 Å². The van der Waals surface area contributed by atoms with Crippen molar-refractivity contribution in [2.75, 3.05) is 23.7 Å². The minimum atomic E-state index is -3.78. The first-order valence-electron chi connectivity index (χ1n) is 11.8. The molecule has 9 heteroatoms. The average Bonchev–Trinajstić information content (AvgIpc) is 2.80. The third-order valence-corrected chi connectivity index (χ3v) is 6.86. The van der Waals surface area contributed by atoms with Crippen molar-refractivity contribution in [3.8, 4) is 5.75 Å². The molecule has 0 aliphatic carbocycles. The molecule has 2 rings (SSSR count). The largest absolute Gasteiger partial charge is 0.494 e. The Balaban J connectivity index is 2.36. The van der Waals surface area contributed by atoms with Gasteiger partial charge in [0.15, 0.2) is 0 Å². The Morgan fingerprint density at radius 2 is 1.71 bits per heavy atom. The van der Waals surface area contributed by atoms with E-state index in [-0.39, 0.29) is 18.5 Å². The van der Waals surface area contributed by atoms with Crippen LogP contribution in [-0.4, -0.2) is 56.6 Å². The van der Waals surface area contributed by atoms with Gasteiger partial charge in [-0.3, -0.25) is 13.9 Å². The van der Waals surface area contributed by atoms with E-state index >= 15 is 0 Å². The smallest absolute Gasteiger partial charge is 0.244 e. The Kier molecular flexibility index (Phi) is 10.1. The molecule has 35 heavy (non-hydrogen) atoms. The summed E-state index contributed by atoms with van der Waals surface area (Å²) in [5, 5.41) is 2.92. The standard InChI is InChI=1S/C26H37N3O5S/c1-7-20(4)27-26(31)21(5)28(17-22-11-9-10-19(3)16-22)25(30)18-29(35(6,32)33)23-12-14-24(15-13-23)34-8-2/h9-16,20-21H,7-8,17-18H2,1-6H3,(H,27,31)/t20-,21-/m0/s1. The molecule has 192 valence electrons. The number of ether oxygens (including phenoxy) is 1. The van der Waals surface area contributed by atoms with Crippen molar-refractivity contribution in [1.29, 1.82) is 0 Å². The second kappa shape index (κ2) is 12.6. The van der Waals surface area contributed by atoms with E-state index in [0.29, 0.717) is 18.0 Å². The summed E-state index contributed by atoms with van der Waals surface area (Å²) in [4.78, 5) is 27.9. The van der Waals surface area contributed by atoms with E-state index in [2.05, 4.69) is 5.32 Å². The van der Waals surface area contributed by atoms with Crippen molar-refractivity contribution in [2.24, 2.45) is 0 Å². The molecule has 0 radical (unpaired) electrons. The minimum absolute atomic E-state index is 0.0442. The number of anilines is 1. The highest BCUT2D eigenvalue weighted by molar-refractivity contribution is 7.92. The van der Waals surface area contributed by atoms with Gasteiger partial charge in [-0.1, -0.05) is 36.8 Å². The summed E-state index contributed by atoms with van der Waals surface area (Å²) in [7, 11) is -3.78. The summed E-state index contributed by atoms with van der Waals surface area (Å²) >= 11 is 0. The number of nitrogens with zero attached hydrogens (tertiary/aromatic N) is 2. The minimum Gasteiger partial charge on any atom is -0.494 e. The molecule has 0 aliphatic heterocycles. The van der Waals surface area contributed by atoms with Gasteiger partial charge in [-0.25, -0.2) is 8.42 Å². The molecule has 8 nitrogen and oxygen atoms in total. The highest BCUT2D eigenvalue weighted by atomic mass is 32.2. The van der Waals surface area contributed by atoms with E-state index in [4.69, 9.17) is 4.74 Å². The third-order valence-electron chi connectivity index (χ3n) is 5.72. The third kappa shape index (κ3) is 8.28. The Hall–Kier alpha value is -3.07. The number of aryl methyl sites for hydroxylation is 1. The molecule has 1 N–H and O–H groups in total. The first kappa shape index (κ1) is 28.2. The molecule has 2 amide bonds. The van der Waals surface area contributed by atoms with E-state index < -0.39 is 28.5 Å². The van der Waals surface area contributed by atoms with Gasteiger partial charge in [0.05, 0.1) is 18.6 Å². The van der Waals surface area contributed by atoms with Gasteiger partial charge in [-0.15, -0.1) is 0 Å². The van der Waals surface area contributed by atoms with Crippen LogP contribution in [0.4, 0.5) is 5.69 Å². The van der Waals surface area contributed by atoms with Crippen LogP contribution in [0, 0.1) is 6.92 Å². The summed E-state index contributed by atoms with van der Waals surface area (Å²) < 4.78 is 31.8. The second-order valence-electron chi connectivity index (χ2n) is 8.70. The first-order valence-corrected chi connectivity index (χ1v) is 13.7. The zero-order valence-corrected chi connectivity index (χ0v) is 22.3. The number of benzene rings is 2. The van der Waals surface area contributed by atoms with Crippen molar-refractivity contribution in [2.45, 2.75) is 59.7 Å². The molecule has 2 aromatic carbocycles. The highest BCUT2D eigenvalue weighted by Crippen LogP contribution is 2.22. The number of sulfonamides is 1. The molecule has 0 bridgehead atoms. The van der Waals surface area contributed by atoms with Crippen LogP contribution >= 0.6 is 0 Å². The zero-order chi connectivity index (χ0) is 26.2. The SMILES string of the molecule is CCOc1ccc(N(CC(=O)N(Cc2cccc(C)c2)[C@@H](C)C(=O)N[C@@H](C)CC)S(C)(=O)=O)cc1. The fourth-order valence-corrected chi connectivity index (χ4v) is 4.39. The lowest BCUT2D eigenvalue weighted by Crippen LogP contribution is -2.52. The Morgan fingerprint density at radius 1 is 1.06 bits per heavy atom. The van der Waals surface area contributed by atoms with Crippen LogP contribution in [0.15, 0.2) is 48.5 Å². The van der Waals surface area contributed by atoms with Gasteiger partial charge in [-0.2, -0.15) is 0 Å². The maximum atomic E-state index is 13.5. The molecule has 0 saturated carbocycles. The maximum absolute atomic E-state index is 13.5. The molecule has 2 atom stereocenters. The van der Waals surface area contributed by atoms with E-state index in [1.165, 1.54) is 4.90 Å². The Labute approximate surface area is 209 Å². The number of rotatable bonds is 12. The van der Waals surface area contributed by atoms with E-state index in [1.54, 1.807) is 31.2 Å². The normalized spacial score (nSPS) is 13.0. The van der Waals surface area contributed by atoms with Crippen LogP contribution in [0.5, 0.6) is 5.75 Å². The zero-order valence-electron chi connectivity index (χ0n) is 21.4. The Bertz CT molecular complexity index is 1100. The molecule has 0 saturated heterocycles. The average molecular weight is 504 g/mol. The monoisotopic (exact) mass is 503 g/mol. The number of nitrogens with one attached hydrogen (secondary N) is 1. The molecule has 0 unspecified atom stereocenters. The predicted octanol–water partition coefficient (Wildman–Crippen LogP) is 3.49. The summed E-state index contributed by atoms with van der Waals surface area (Å²) in [6, 6.07) is 13.4. The summed E-state index contributed by atoms with van der Waals surface area (Å²) in [5.74, 6) is -0.155. The van der Waals surface area contributed by atoms with Crippen molar-refractivity contribution in [3.05, 3.63) is 59.7 Å². The van der Waals surface area contributed by atoms with Crippen LogP contribution in [0.3, 0.4) is 0 Å². The van der Waals surface area contributed by atoms with E-state index in [0.717, 1.165) is 28.1 Å². The molecule has 0 aliphatic rings. The number of hydrogen-bond donors (Lipinski definition) is 1. The van der Waals surface area contributed by atoms with Gasteiger partial charge in [0, 0.05) is 12.6 Å². The van der Waals surface area contributed by atoms with Gasteiger partial charge < -0.3 is 15.0 Å². The van der Waals surface area contributed by atoms with Gasteiger partial charge in [-0.05, 0) is 63.9 Å². The molecule has 2 aromatic rings. The van der Waals surface area contributed by atoms with Crippen molar-refractivity contribution < 1.29 is 22.7 Å². The fourth-order valence-electron chi connectivity index (χ4n) is 3.54. The van der Waals surface area contributed by atoms with E-state index in [9.17, 15) is 18.0 Å². The number of amides is 2. The topological polar surface area (TPSA) is 96.0 Å². The van der Waals surface area contributed by atoms with Crippen molar-refractivity contribution >= 4 is 27.5 Å². The molecular formula is C26H37N3O5S. The van der Waals surface area contributed by atoms with Crippen LogP contribution in [0.2, 0.25) is 0 Å². The fraction of sp³-hybridized carbons (Fsp3) is 0.462. The molecule has 0 heterocycles. The maximum Gasteiger partial charge on any atom is 0.244 e. The Morgan fingerprint density at radius 3 is 2.26 bits per heavy atom. The van der Waals surface area contributed by atoms with Crippen molar-refractivity contribution in [3.63, 3.8) is 0 Å². The van der Waals surface area contributed by atoms with Crippen LogP contribution in [0.25, 0.3) is 0 Å². The summed E-state index contributed by atoms with van der Waals surface area (Å²) in [5.41, 5.74) is 2.23.